The van der Waals surface area contributed by atoms with Gasteiger partial charge in [-0.05, 0) is 54.0 Å². The summed E-state index contributed by atoms with van der Waals surface area (Å²) >= 11 is 1.29. The van der Waals surface area contributed by atoms with Gasteiger partial charge in [0.25, 0.3) is 0 Å². The maximum Gasteiger partial charge on any atom is 0.339 e. The molecule has 1 aliphatic carbocycles. The molecule has 16 heteroatoms. The molecule has 2 aromatic carbocycles. The molecule has 0 spiro atoms. The molecule has 6 atom stereocenters. The minimum Gasteiger partial charge on any atom is -0.492 e. The summed E-state index contributed by atoms with van der Waals surface area (Å²) in [6.45, 7) is 4.64. The van der Waals surface area contributed by atoms with Gasteiger partial charge in [0.05, 0.1) is 32.3 Å². The van der Waals surface area contributed by atoms with Crippen LogP contribution < -0.4 is 25.0 Å². The van der Waals surface area contributed by atoms with Crippen molar-refractivity contribution < 1.29 is 61.9 Å². The molecule has 5 unspecified atom stereocenters. The van der Waals surface area contributed by atoms with Gasteiger partial charge >= 0.3 is 23.9 Å². The van der Waals surface area contributed by atoms with E-state index in [9.17, 15) is 28.8 Å². The minimum atomic E-state index is -1.68. The van der Waals surface area contributed by atoms with Crippen LogP contribution in [0.5, 0.6) is 17.2 Å². The molecule has 270 valence electrons. The lowest BCUT2D eigenvalue weighted by Crippen LogP contribution is -2.64. The molecular formula is C34H39NO14S. The van der Waals surface area contributed by atoms with Gasteiger partial charge in [0.15, 0.2) is 35.2 Å². The third-order valence-corrected chi connectivity index (χ3v) is 8.73. The maximum atomic E-state index is 13.2. The summed E-state index contributed by atoms with van der Waals surface area (Å²) in [6.07, 6.45) is -5.55. The second kappa shape index (κ2) is 16.3. The molecule has 0 bridgehead atoms. The number of esters is 4. The number of nitrogens with one attached hydrogen (secondary N) is 1. The molecule has 1 saturated heterocycles. The average Bonchev–Trinajstić information content (AvgIpc) is 3.29. The van der Waals surface area contributed by atoms with Gasteiger partial charge in [-0.1, -0.05) is 6.07 Å². The fourth-order valence-corrected chi connectivity index (χ4v) is 6.56. The van der Waals surface area contributed by atoms with Crippen LogP contribution in [-0.2, 0) is 54.1 Å². The predicted octanol–water partition coefficient (Wildman–Crippen LogP) is 2.65. The van der Waals surface area contributed by atoms with E-state index >= 15 is 0 Å². The molecule has 1 fully saturated rings. The van der Waals surface area contributed by atoms with E-state index in [2.05, 4.69) is 5.32 Å². The first-order valence-electron chi connectivity index (χ1n) is 15.4. The number of ether oxygens (including phenoxy) is 8. The SMILES string of the molecule is COC(=O)C1OC(Oc2cc3c(c(OC)c2OC)-c2ccc(SC)c(=O)cc2[C@H](NC(C)=O)CC3)C(OC(C)=O)C(OC(C)=O)C1OC(C)=O. The van der Waals surface area contributed by atoms with Gasteiger partial charge in [0.2, 0.25) is 24.1 Å². The number of aryl methyl sites for hydroxylation is 1. The second-order valence-electron chi connectivity index (χ2n) is 11.3. The van der Waals surface area contributed by atoms with E-state index in [1.54, 1.807) is 24.5 Å². The van der Waals surface area contributed by atoms with Crippen LogP contribution in [0, 0.1) is 0 Å². The summed E-state index contributed by atoms with van der Waals surface area (Å²) in [5.74, 6) is -3.53. The average molecular weight is 718 g/mol. The lowest BCUT2D eigenvalue weighted by molar-refractivity contribution is -0.282. The van der Waals surface area contributed by atoms with Crippen molar-refractivity contribution in [2.24, 2.45) is 0 Å². The summed E-state index contributed by atoms with van der Waals surface area (Å²) in [7, 11) is 3.86. The standard InChI is InChI=1S/C34H39NO14S/c1-15(36)35-22-11-9-19-13-24(27(42-5)28(43-6)26(19)20-10-12-25(50-8)23(40)14-21(20)22)48-34-32(47-18(4)39)30(46-17(3)38)29(45-16(2)37)31(49-34)33(41)44-7/h10,12-14,22,29-32,34H,9,11H2,1-8H3,(H,35,36)/t22-,29?,30?,31?,32?,34?/m1/s1. The van der Waals surface area contributed by atoms with E-state index in [0.29, 0.717) is 40.0 Å². The van der Waals surface area contributed by atoms with Gasteiger partial charge < -0.3 is 43.2 Å². The van der Waals surface area contributed by atoms with E-state index in [1.165, 1.54) is 39.0 Å². The van der Waals surface area contributed by atoms with Gasteiger partial charge in [0, 0.05) is 33.3 Å². The molecule has 15 nitrogen and oxygen atoms in total. The Kier molecular flexibility index (Phi) is 12.3. The topological polar surface area (TPSA) is 188 Å². The Morgan fingerprint density at radius 3 is 2.02 bits per heavy atom. The van der Waals surface area contributed by atoms with Crippen molar-refractivity contribution in [3.8, 4) is 28.4 Å². The summed E-state index contributed by atoms with van der Waals surface area (Å²) in [5, 5.41) is 2.94. The van der Waals surface area contributed by atoms with Crippen LogP contribution in [0.1, 0.15) is 51.3 Å². The van der Waals surface area contributed by atoms with Gasteiger partial charge in [-0.15, -0.1) is 11.8 Å². The van der Waals surface area contributed by atoms with Crippen LogP contribution in [-0.4, -0.2) is 88.1 Å². The zero-order valence-electron chi connectivity index (χ0n) is 28.8. The largest absolute Gasteiger partial charge is 0.492 e. The molecule has 1 aliphatic heterocycles. The number of methoxy groups -OCH3 is 3. The molecule has 2 aliphatic rings. The highest BCUT2D eigenvalue weighted by atomic mass is 32.2. The zero-order valence-corrected chi connectivity index (χ0v) is 29.6. The Balaban J connectivity index is 1.94. The minimum absolute atomic E-state index is 0.00975. The summed E-state index contributed by atoms with van der Waals surface area (Å²) < 4.78 is 45.2. The van der Waals surface area contributed by atoms with Crippen molar-refractivity contribution in [3.63, 3.8) is 0 Å². The van der Waals surface area contributed by atoms with Crippen molar-refractivity contribution in [2.75, 3.05) is 27.6 Å². The maximum absolute atomic E-state index is 13.2. The Bertz CT molecular complexity index is 1730. The van der Waals surface area contributed by atoms with E-state index < -0.39 is 60.6 Å². The van der Waals surface area contributed by atoms with Crippen molar-refractivity contribution >= 4 is 41.5 Å². The third-order valence-electron chi connectivity index (χ3n) is 7.96. The number of fused-ring (bicyclic) bond motifs is 3. The third kappa shape index (κ3) is 8.13. The molecule has 0 aromatic heterocycles. The first-order valence-corrected chi connectivity index (χ1v) is 16.7. The number of thioether (sulfide) groups is 1. The quantitative estimate of drug-likeness (QED) is 0.214. The Labute approximate surface area is 292 Å². The van der Waals surface area contributed by atoms with E-state index in [0.717, 1.165) is 27.9 Å². The molecular weight excluding hydrogens is 678 g/mol. The van der Waals surface area contributed by atoms with Crippen LogP contribution in [0.4, 0.5) is 0 Å². The van der Waals surface area contributed by atoms with Crippen molar-refractivity contribution in [1.29, 1.82) is 0 Å². The van der Waals surface area contributed by atoms with Crippen molar-refractivity contribution in [1.82, 2.24) is 5.32 Å². The number of carbonyl (C=O) groups excluding carboxylic acids is 5. The second-order valence-corrected chi connectivity index (χ2v) is 12.2. The fourth-order valence-electron chi connectivity index (χ4n) is 6.10. The fraction of sp³-hybridized carbons (Fsp3) is 0.471. The molecule has 0 radical (unpaired) electrons. The molecule has 2 aromatic rings. The van der Waals surface area contributed by atoms with Crippen molar-refractivity contribution in [2.45, 2.75) is 82.2 Å². The van der Waals surface area contributed by atoms with Crippen LogP contribution in [0.3, 0.4) is 0 Å². The molecule has 50 heavy (non-hydrogen) atoms. The molecule has 0 saturated carbocycles. The van der Waals surface area contributed by atoms with Gasteiger partial charge in [-0.3, -0.25) is 24.0 Å². The normalized spacial score (nSPS) is 22.3. The van der Waals surface area contributed by atoms with Gasteiger partial charge in [0.1, 0.15) is 0 Å². The number of benzene rings is 1. The number of hydrogen-bond donors (Lipinski definition) is 1. The summed E-state index contributed by atoms with van der Waals surface area (Å²) in [4.78, 5) is 75.6. The zero-order chi connectivity index (χ0) is 36.9. The first kappa shape index (κ1) is 38.0. The Morgan fingerprint density at radius 1 is 0.840 bits per heavy atom. The summed E-state index contributed by atoms with van der Waals surface area (Å²) in [6, 6.07) is 6.09. The van der Waals surface area contributed by atoms with E-state index in [-0.39, 0.29) is 28.6 Å². The monoisotopic (exact) mass is 717 g/mol. The van der Waals surface area contributed by atoms with Gasteiger partial charge in [-0.2, -0.15) is 0 Å². The van der Waals surface area contributed by atoms with Crippen LogP contribution in [0.25, 0.3) is 11.1 Å². The molecule has 1 amide bonds. The predicted molar refractivity (Wildman–Crippen MR) is 176 cm³/mol. The van der Waals surface area contributed by atoms with E-state index in [1.807, 2.05) is 0 Å². The first-order chi connectivity index (χ1) is 23.7. The molecule has 1 N–H and O–H groups in total. The Hall–Kier alpha value is -4.83. The highest BCUT2D eigenvalue weighted by molar-refractivity contribution is 7.98. The number of carbonyl (C=O) groups is 5. The van der Waals surface area contributed by atoms with Crippen LogP contribution in [0.15, 0.2) is 34.0 Å². The molecule has 4 rings (SSSR count). The van der Waals surface area contributed by atoms with E-state index in [4.69, 9.17) is 37.9 Å². The summed E-state index contributed by atoms with van der Waals surface area (Å²) in [5.41, 5.74) is 2.19. The lowest BCUT2D eigenvalue weighted by atomic mass is 9.95. The number of rotatable bonds is 10. The highest BCUT2D eigenvalue weighted by Crippen LogP contribution is 2.51. The molecule has 1 heterocycles. The van der Waals surface area contributed by atoms with Gasteiger partial charge in [-0.25, -0.2) is 4.79 Å². The number of amides is 1. The lowest BCUT2D eigenvalue weighted by Gasteiger charge is -2.43. The van der Waals surface area contributed by atoms with Crippen LogP contribution in [0.2, 0.25) is 0 Å². The smallest absolute Gasteiger partial charge is 0.339 e. The van der Waals surface area contributed by atoms with Crippen LogP contribution >= 0.6 is 11.8 Å². The number of hydrogen-bond acceptors (Lipinski definition) is 15. The highest BCUT2D eigenvalue weighted by Gasteiger charge is 2.56. The van der Waals surface area contributed by atoms with Crippen molar-refractivity contribution in [3.05, 3.63) is 45.6 Å². The Morgan fingerprint density at radius 2 is 1.46 bits per heavy atom.